The summed E-state index contributed by atoms with van der Waals surface area (Å²) in [5.41, 5.74) is 0. The van der Waals surface area contributed by atoms with Crippen LogP contribution in [0.3, 0.4) is 0 Å². The summed E-state index contributed by atoms with van der Waals surface area (Å²) in [6.07, 6.45) is 2.35. The molecule has 1 heteroatoms. The van der Waals surface area contributed by atoms with Gasteiger partial charge in [-0.1, -0.05) is 13.8 Å². The highest BCUT2D eigenvalue weighted by atomic mass is 16.5. The topological polar surface area (TPSA) is 9.23 Å². The maximum Gasteiger partial charge on any atom is 0.0626 e. The maximum absolute atomic E-state index is 5.40. The lowest BCUT2D eigenvalue weighted by molar-refractivity contribution is -0.134. The van der Waals surface area contributed by atoms with Crippen molar-refractivity contribution in [3.05, 3.63) is 0 Å². The van der Waals surface area contributed by atoms with Crippen molar-refractivity contribution in [1.29, 1.82) is 0 Å². The van der Waals surface area contributed by atoms with Crippen LogP contribution in [0, 0.1) is 5.92 Å². The molecule has 0 aromatic heterocycles. The summed E-state index contributed by atoms with van der Waals surface area (Å²) in [4.78, 5) is 0. The van der Waals surface area contributed by atoms with E-state index in [1.165, 1.54) is 6.42 Å². The normalized spacial score (nSPS) is 37.5. The standard InChI is InChI=1S/C7H14O/c1-5(2)7-4-6(3)8-7/h5-7H,4H2,1-3H3/t6-,7?/m1/s1. The summed E-state index contributed by atoms with van der Waals surface area (Å²) in [5.74, 6) is 0.714. The summed E-state index contributed by atoms with van der Waals surface area (Å²) in [7, 11) is 0. The molecule has 1 aliphatic rings. The molecule has 1 saturated heterocycles. The van der Waals surface area contributed by atoms with E-state index < -0.39 is 0 Å². The highest BCUT2D eigenvalue weighted by Gasteiger charge is 2.28. The van der Waals surface area contributed by atoms with Gasteiger partial charge in [0, 0.05) is 0 Å². The lowest BCUT2D eigenvalue weighted by Crippen LogP contribution is -2.38. The van der Waals surface area contributed by atoms with Crippen LogP contribution < -0.4 is 0 Å². The van der Waals surface area contributed by atoms with Gasteiger partial charge in [-0.15, -0.1) is 0 Å². The van der Waals surface area contributed by atoms with Crippen LogP contribution in [0.4, 0.5) is 0 Å². The minimum atomic E-state index is 0.530. The van der Waals surface area contributed by atoms with Crippen LogP contribution in [0.25, 0.3) is 0 Å². The highest BCUT2D eigenvalue weighted by Crippen LogP contribution is 2.25. The molecule has 1 heterocycles. The first kappa shape index (κ1) is 6.09. The average molecular weight is 114 g/mol. The Bertz CT molecular complexity index is 72.5. The average Bonchev–Trinajstić information content (AvgIpc) is 1.57. The Morgan fingerprint density at radius 2 is 2.00 bits per heavy atom. The zero-order valence-corrected chi connectivity index (χ0v) is 5.85. The monoisotopic (exact) mass is 114 g/mol. The van der Waals surface area contributed by atoms with E-state index in [0.717, 1.165) is 0 Å². The van der Waals surface area contributed by atoms with Gasteiger partial charge in [0.2, 0.25) is 0 Å². The Hall–Kier alpha value is -0.0400. The van der Waals surface area contributed by atoms with Crippen molar-refractivity contribution in [1.82, 2.24) is 0 Å². The van der Waals surface area contributed by atoms with Gasteiger partial charge in [0.05, 0.1) is 12.2 Å². The molecule has 0 N–H and O–H groups in total. The van der Waals surface area contributed by atoms with Crippen molar-refractivity contribution in [3.8, 4) is 0 Å². The van der Waals surface area contributed by atoms with E-state index in [4.69, 9.17) is 4.74 Å². The molecule has 48 valence electrons. The molecular weight excluding hydrogens is 100 g/mol. The van der Waals surface area contributed by atoms with E-state index in [-0.39, 0.29) is 0 Å². The van der Waals surface area contributed by atoms with Gasteiger partial charge in [-0.2, -0.15) is 0 Å². The molecule has 2 atom stereocenters. The van der Waals surface area contributed by atoms with Gasteiger partial charge in [-0.25, -0.2) is 0 Å². The van der Waals surface area contributed by atoms with Crippen molar-refractivity contribution in [2.45, 2.75) is 39.4 Å². The Morgan fingerprint density at radius 1 is 1.50 bits per heavy atom. The summed E-state index contributed by atoms with van der Waals surface area (Å²) in [6.45, 7) is 6.53. The van der Waals surface area contributed by atoms with E-state index in [1.807, 2.05) is 0 Å². The second-order valence-electron chi connectivity index (χ2n) is 2.96. The molecule has 1 rings (SSSR count). The smallest absolute Gasteiger partial charge is 0.0626 e. The summed E-state index contributed by atoms with van der Waals surface area (Å²) >= 11 is 0. The van der Waals surface area contributed by atoms with E-state index in [2.05, 4.69) is 20.8 Å². The molecule has 1 fully saturated rings. The first-order chi connectivity index (χ1) is 3.70. The van der Waals surface area contributed by atoms with Crippen LogP contribution in [0.15, 0.2) is 0 Å². The SMILES string of the molecule is CC(C)C1C[C@@H](C)O1. The van der Waals surface area contributed by atoms with Crippen molar-refractivity contribution >= 4 is 0 Å². The summed E-state index contributed by atoms with van der Waals surface area (Å²) in [5, 5.41) is 0. The molecule has 0 aromatic carbocycles. The highest BCUT2D eigenvalue weighted by molar-refractivity contribution is 4.75. The molecule has 0 bridgehead atoms. The van der Waals surface area contributed by atoms with Crippen LogP contribution >= 0.6 is 0 Å². The minimum Gasteiger partial charge on any atom is -0.375 e. The minimum absolute atomic E-state index is 0.530. The first-order valence-corrected chi connectivity index (χ1v) is 3.35. The molecule has 8 heavy (non-hydrogen) atoms. The molecule has 0 radical (unpaired) electrons. The van der Waals surface area contributed by atoms with Crippen LogP contribution in [0.1, 0.15) is 27.2 Å². The molecule has 1 nitrogen and oxygen atoms in total. The van der Waals surface area contributed by atoms with Gasteiger partial charge in [-0.05, 0) is 19.3 Å². The van der Waals surface area contributed by atoms with Crippen LogP contribution in [-0.2, 0) is 4.74 Å². The molecule has 0 aliphatic carbocycles. The van der Waals surface area contributed by atoms with E-state index in [0.29, 0.717) is 18.1 Å². The Morgan fingerprint density at radius 3 is 2.12 bits per heavy atom. The van der Waals surface area contributed by atoms with Gasteiger partial charge in [0.1, 0.15) is 0 Å². The van der Waals surface area contributed by atoms with Gasteiger partial charge < -0.3 is 4.74 Å². The Labute approximate surface area is 51.0 Å². The number of rotatable bonds is 1. The third-order valence-electron chi connectivity index (χ3n) is 1.71. The lowest BCUT2D eigenvalue weighted by atomic mass is 9.96. The van der Waals surface area contributed by atoms with Crippen LogP contribution in [0.5, 0.6) is 0 Å². The zero-order chi connectivity index (χ0) is 6.15. The van der Waals surface area contributed by atoms with Gasteiger partial charge in [0.15, 0.2) is 0 Å². The van der Waals surface area contributed by atoms with Gasteiger partial charge >= 0.3 is 0 Å². The fraction of sp³-hybridized carbons (Fsp3) is 1.00. The summed E-state index contributed by atoms with van der Waals surface area (Å²) < 4.78 is 5.40. The predicted molar refractivity (Wildman–Crippen MR) is 33.8 cm³/mol. The summed E-state index contributed by atoms with van der Waals surface area (Å²) in [6, 6.07) is 0. The second kappa shape index (κ2) is 2.06. The molecular formula is C7H14O. The quantitative estimate of drug-likeness (QED) is 0.505. The van der Waals surface area contributed by atoms with Crippen molar-refractivity contribution in [3.63, 3.8) is 0 Å². The third kappa shape index (κ3) is 1.03. The van der Waals surface area contributed by atoms with E-state index in [9.17, 15) is 0 Å². The molecule has 1 aliphatic heterocycles. The van der Waals surface area contributed by atoms with Crippen LogP contribution in [-0.4, -0.2) is 12.2 Å². The molecule has 1 unspecified atom stereocenters. The largest absolute Gasteiger partial charge is 0.375 e. The Kier molecular flexibility index (Phi) is 1.57. The fourth-order valence-corrected chi connectivity index (χ4v) is 1.04. The second-order valence-corrected chi connectivity index (χ2v) is 2.96. The van der Waals surface area contributed by atoms with Crippen molar-refractivity contribution in [2.24, 2.45) is 5.92 Å². The molecule has 0 saturated carbocycles. The fourth-order valence-electron chi connectivity index (χ4n) is 1.04. The van der Waals surface area contributed by atoms with Crippen LogP contribution in [0.2, 0.25) is 0 Å². The third-order valence-corrected chi connectivity index (χ3v) is 1.71. The predicted octanol–water partition coefficient (Wildman–Crippen LogP) is 1.82. The van der Waals surface area contributed by atoms with Gasteiger partial charge in [0.25, 0.3) is 0 Å². The maximum atomic E-state index is 5.40. The zero-order valence-electron chi connectivity index (χ0n) is 5.85. The van der Waals surface area contributed by atoms with E-state index in [1.54, 1.807) is 0 Å². The first-order valence-electron chi connectivity index (χ1n) is 3.35. The number of ether oxygens (including phenoxy) is 1. The van der Waals surface area contributed by atoms with Gasteiger partial charge in [-0.3, -0.25) is 0 Å². The lowest BCUT2D eigenvalue weighted by Gasteiger charge is -2.36. The molecule has 0 aromatic rings. The molecule has 0 amide bonds. The van der Waals surface area contributed by atoms with Crippen molar-refractivity contribution in [2.75, 3.05) is 0 Å². The van der Waals surface area contributed by atoms with E-state index >= 15 is 0 Å². The molecule has 0 spiro atoms. The Balaban J connectivity index is 2.15. The van der Waals surface area contributed by atoms with Crippen molar-refractivity contribution < 1.29 is 4.74 Å². The number of hydrogen-bond acceptors (Lipinski definition) is 1. The number of hydrogen-bond donors (Lipinski definition) is 0.